The zero-order valence-corrected chi connectivity index (χ0v) is 21.1. The second-order valence-corrected chi connectivity index (χ2v) is 9.88. The largest absolute Gasteiger partial charge is 0.496 e. The van der Waals surface area contributed by atoms with E-state index in [1.54, 1.807) is 37.7 Å². The standard InChI is InChI=1S/C26H25Cl2N5O2/c1-15-7-9-16(10-8-15)14-33-22-21(17-11-18(27)13-29-12-17)30-26(28)32-24(22)31-25(33)23(34)19-5-3-4-6-20(19)35-2/h3-6,11-13,15-16H,7-10,14H2,1-2H3. The Bertz CT molecular complexity index is 1400. The predicted octanol–water partition coefficient (Wildman–Crippen LogP) is 6.26. The topological polar surface area (TPSA) is 82.8 Å². The van der Waals surface area contributed by atoms with Crippen molar-refractivity contribution in [1.29, 1.82) is 0 Å². The first-order valence-electron chi connectivity index (χ1n) is 11.7. The summed E-state index contributed by atoms with van der Waals surface area (Å²) in [6.45, 7) is 2.92. The van der Waals surface area contributed by atoms with Crippen molar-refractivity contribution in [2.45, 2.75) is 39.2 Å². The second kappa shape index (κ2) is 9.91. The van der Waals surface area contributed by atoms with Crippen LogP contribution in [0.2, 0.25) is 10.3 Å². The van der Waals surface area contributed by atoms with Gasteiger partial charge in [-0.3, -0.25) is 9.78 Å². The van der Waals surface area contributed by atoms with Crippen LogP contribution < -0.4 is 4.74 Å². The van der Waals surface area contributed by atoms with E-state index in [2.05, 4.69) is 26.9 Å². The molecule has 0 amide bonds. The number of carbonyl (C=O) groups excluding carboxylic acids is 1. The number of carbonyl (C=O) groups is 1. The number of hydrogen-bond acceptors (Lipinski definition) is 6. The minimum absolute atomic E-state index is 0.0416. The van der Waals surface area contributed by atoms with Crippen LogP contribution in [0.3, 0.4) is 0 Å². The molecule has 35 heavy (non-hydrogen) atoms. The molecule has 0 bridgehead atoms. The Hall–Kier alpha value is -3.03. The summed E-state index contributed by atoms with van der Waals surface area (Å²) < 4.78 is 7.41. The van der Waals surface area contributed by atoms with Gasteiger partial charge in [-0.2, -0.15) is 4.98 Å². The van der Waals surface area contributed by atoms with Crippen LogP contribution in [-0.4, -0.2) is 37.4 Å². The summed E-state index contributed by atoms with van der Waals surface area (Å²) >= 11 is 12.5. The van der Waals surface area contributed by atoms with Gasteiger partial charge in [0.15, 0.2) is 11.5 Å². The van der Waals surface area contributed by atoms with Crippen molar-refractivity contribution in [3.8, 4) is 17.0 Å². The number of methoxy groups -OCH3 is 1. The quantitative estimate of drug-likeness (QED) is 0.225. The lowest BCUT2D eigenvalue weighted by atomic mass is 9.83. The van der Waals surface area contributed by atoms with E-state index in [1.165, 1.54) is 12.8 Å². The van der Waals surface area contributed by atoms with Gasteiger partial charge in [-0.15, -0.1) is 0 Å². The van der Waals surface area contributed by atoms with Crippen LogP contribution in [0.1, 0.15) is 48.8 Å². The number of rotatable bonds is 6. The Balaban J connectivity index is 1.72. The summed E-state index contributed by atoms with van der Waals surface area (Å²) in [6.07, 6.45) is 7.74. The lowest BCUT2D eigenvalue weighted by molar-refractivity contribution is 0.102. The number of para-hydroxylation sites is 1. The molecular formula is C26H25Cl2N5O2. The molecule has 0 atom stereocenters. The molecule has 5 rings (SSSR count). The van der Waals surface area contributed by atoms with E-state index in [9.17, 15) is 4.79 Å². The van der Waals surface area contributed by atoms with E-state index >= 15 is 0 Å². The molecule has 0 radical (unpaired) electrons. The first-order chi connectivity index (χ1) is 16.9. The monoisotopic (exact) mass is 509 g/mol. The van der Waals surface area contributed by atoms with Crippen molar-refractivity contribution in [3.63, 3.8) is 0 Å². The van der Waals surface area contributed by atoms with Crippen molar-refractivity contribution >= 4 is 40.1 Å². The number of imidazole rings is 1. The lowest BCUT2D eigenvalue weighted by Crippen LogP contribution is -2.21. The number of ketones is 1. The third-order valence-electron chi connectivity index (χ3n) is 6.68. The highest BCUT2D eigenvalue weighted by molar-refractivity contribution is 6.31. The minimum atomic E-state index is -0.240. The SMILES string of the molecule is COc1ccccc1C(=O)c1nc2nc(Cl)nc(-c3cncc(Cl)c3)c2n1CC1CCC(C)CC1. The van der Waals surface area contributed by atoms with Gasteiger partial charge < -0.3 is 9.30 Å². The average molecular weight is 510 g/mol. The van der Waals surface area contributed by atoms with Crippen molar-refractivity contribution in [1.82, 2.24) is 24.5 Å². The number of ether oxygens (including phenoxy) is 1. The summed E-state index contributed by atoms with van der Waals surface area (Å²) in [5, 5.41) is 0.517. The smallest absolute Gasteiger partial charge is 0.232 e. The molecule has 7 nitrogen and oxygen atoms in total. The molecule has 4 aromatic rings. The Kier molecular flexibility index (Phi) is 6.71. The molecule has 0 N–H and O–H groups in total. The highest BCUT2D eigenvalue weighted by Crippen LogP contribution is 2.34. The first kappa shape index (κ1) is 23.7. The maximum atomic E-state index is 13.8. The van der Waals surface area contributed by atoms with Gasteiger partial charge in [0.25, 0.3) is 0 Å². The molecule has 0 unspecified atom stereocenters. The molecule has 3 aromatic heterocycles. The van der Waals surface area contributed by atoms with E-state index < -0.39 is 0 Å². The zero-order chi connectivity index (χ0) is 24.5. The number of fused-ring (bicyclic) bond motifs is 1. The third kappa shape index (κ3) is 4.75. The van der Waals surface area contributed by atoms with Gasteiger partial charge in [0, 0.05) is 24.5 Å². The Morgan fingerprint density at radius 1 is 1.09 bits per heavy atom. The molecule has 0 spiro atoms. The Morgan fingerprint density at radius 2 is 1.86 bits per heavy atom. The fourth-order valence-corrected chi connectivity index (χ4v) is 5.16. The maximum Gasteiger partial charge on any atom is 0.232 e. The molecular weight excluding hydrogens is 485 g/mol. The van der Waals surface area contributed by atoms with Gasteiger partial charge in [0.2, 0.25) is 11.1 Å². The maximum absolute atomic E-state index is 13.8. The Labute approximate surface area is 213 Å². The highest BCUT2D eigenvalue weighted by Gasteiger charge is 2.28. The fourth-order valence-electron chi connectivity index (χ4n) is 4.83. The number of halogens is 2. The van der Waals surface area contributed by atoms with Crippen molar-refractivity contribution in [2.24, 2.45) is 11.8 Å². The zero-order valence-electron chi connectivity index (χ0n) is 19.5. The van der Waals surface area contributed by atoms with Gasteiger partial charge in [-0.1, -0.05) is 43.5 Å². The van der Waals surface area contributed by atoms with Crippen LogP contribution in [0.4, 0.5) is 0 Å². The van der Waals surface area contributed by atoms with Crippen LogP contribution in [0.15, 0.2) is 42.7 Å². The third-order valence-corrected chi connectivity index (χ3v) is 7.06. The van der Waals surface area contributed by atoms with E-state index in [4.69, 9.17) is 27.9 Å². The molecule has 1 aliphatic rings. The molecule has 9 heteroatoms. The van der Waals surface area contributed by atoms with Gasteiger partial charge in [-0.25, -0.2) is 9.97 Å². The fraction of sp³-hybridized carbons (Fsp3) is 0.346. The lowest BCUT2D eigenvalue weighted by Gasteiger charge is -2.27. The van der Waals surface area contributed by atoms with E-state index in [0.717, 1.165) is 18.8 Å². The Morgan fingerprint density at radius 3 is 2.60 bits per heavy atom. The van der Waals surface area contributed by atoms with Gasteiger partial charge in [0.05, 0.1) is 17.7 Å². The van der Waals surface area contributed by atoms with E-state index in [1.807, 2.05) is 16.7 Å². The normalized spacial score (nSPS) is 18.1. The van der Waals surface area contributed by atoms with E-state index in [-0.39, 0.29) is 16.9 Å². The summed E-state index contributed by atoms with van der Waals surface area (Å²) in [5.41, 5.74) is 2.68. The molecule has 1 aliphatic carbocycles. The number of hydrogen-bond donors (Lipinski definition) is 0. The van der Waals surface area contributed by atoms with Crippen molar-refractivity contribution < 1.29 is 9.53 Å². The number of aromatic nitrogens is 5. The van der Waals surface area contributed by atoms with Gasteiger partial charge in [-0.05, 0) is 54.5 Å². The van der Waals surface area contributed by atoms with Crippen LogP contribution in [0.5, 0.6) is 5.75 Å². The summed E-state index contributed by atoms with van der Waals surface area (Å²) in [4.78, 5) is 31.6. The van der Waals surface area contributed by atoms with Crippen LogP contribution >= 0.6 is 23.2 Å². The number of nitrogens with zero attached hydrogens (tertiary/aromatic N) is 5. The van der Waals surface area contributed by atoms with Gasteiger partial charge in [0.1, 0.15) is 17.0 Å². The first-order valence-corrected chi connectivity index (χ1v) is 12.4. The summed E-state index contributed by atoms with van der Waals surface area (Å²) in [7, 11) is 1.55. The van der Waals surface area contributed by atoms with Crippen molar-refractivity contribution in [3.05, 3.63) is 64.4 Å². The van der Waals surface area contributed by atoms with Gasteiger partial charge >= 0.3 is 0 Å². The van der Waals surface area contributed by atoms with Crippen LogP contribution in [0.25, 0.3) is 22.4 Å². The number of pyridine rings is 1. The predicted molar refractivity (Wildman–Crippen MR) is 136 cm³/mol. The molecule has 1 saturated carbocycles. The molecule has 1 aromatic carbocycles. The summed E-state index contributed by atoms with van der Waals surface area (Å²) in [5.74, 6) is 1.67. The van der Waals surface area contributed by atoms with Crippen LogP contribution in [-0.2, 0) is 6.54 Å². The molecule has 1 fully saturated rings. The molecule has 0 saturated heterocycles. The van der Waals surface area contributed by atoms with E-state index in [0.29, 0.717) is 51.2 Å². The second-order valence-electron chi connectivity index (χ2n) is 9.11. The molecule has 180 valence electrons. The highest BCUT2D eigenvalue weighted by atomic mass is 35.5. The molecule has 0 aliphatic heterocycles. The minimum Gasteiger partial charge on any atom is -0.496 e. The summed E-state index contributed by atoms with van der Waals surface area (Å²) in [6, 6.07) is 8.92. The number of benzene rings is 1. The average Bonchev–Trinajstić information content (AvgIpc) is 3.22. The van der Waals surface area contributed by atoms with Crippen LogP contribution in [0, 0.1) is 11.8 Å². The van der Waals surface area contributed by atoms with Crippen molar-refractivity contribution in [2.75, 3.05) is 7.11 Å². The molecule has 3 heterocycles.